The van der Waals surface area contributed by atoms with Gasteiger partial charge in [-0.25, -0.2) is 4.39 Å². The summed E-state index contributed by atoms with van der Waals surface area (Å²) < 4.78 is 13.0. The van der Waals surface area contributed by atoms with Gasteiger partial charge in [0.2, 0.25) is 0 Å². The van der Waals surface area contributed by atoms with E-state index in [9.17, 15) is 9.18 Å². The van der Waals surface area contributed by atoms with Gasteiger partial charge in [0.05, 0.1) is 0 Å². The Bertz CT molecular complexity index is 397. The third kappa shape index (κ3) is 3.06. The standard InChI is InChI=1S/C14H16ClFO/c15-14-9-12(16)5-6-13(14)11-3-1-10(2-4-11)7-8-17/h5-6,8-11H,1-4,7H2. The number of carbonyl (C=O) groups excluding carboxylic acids is 1. The molecule has 1 aromatic carbocycles. The molecule has 92 valence electrons. The molecular weight excluding hydrogens is 239 g/mol. The zero-order chi connectivity index (χ0) is 12.3. The van der Waals surface area contributed by atoms with Crippen LogP contribution in [0.25, 0.3) is 0 Å². The van der Waals surface area contributed by atoms with Crippen LogP contribution in [-0.4, -0.2) is 6.29 Å². The van der Waals surface area contributed by atoms with Crippen LogP contribution >= 0.6 is 11.6 Å². The predicted octanol–water partition coefficient (Wildman–Crippen LogP) is 4.34. The third-order valence-electron chi connectivity index (χ3n) is 3.68. The summed E-state index contributed by atoms with van der Waals surface area (Å²) in [7, 11) is 0. The largest absolute Gasteiger partial charge is 0.303 e. The highest BCUT2D eigenvalue weighted by Gasteiger charge is 2.23. The van der Waals surface area contributed by atoms with Gasteiger partial charge in [-0.2, -0.15) is 0 Å². The van der Waals surface area contributed by atoms with Crippen LogP contribution in [0.5, 0.6) is 0 Å². The highest BCUT2D eigenvalue weighted by atomic mass is 35.5. The normalized spacial score (nSPS) is 24.6. The minimum Gasteiger partial charge on any atom is -0.303 e. The number of hydrogen-bond donors (Lipinski definition) is 0. The van der Waals surface area contributed by atoms with Crippen LogP contribution < -0.4 is 0 Å². The molecule has 0 aromatic heterocycles. The first-order chi connectivity index (χ1) is 8.20. The lowest BCUT2D eigenvalue weighted by Crippen LogP contribution is -2.14. The number of hydrogen-bond acceptors (Lipinski definition) is 1. The van der Waals surface area contributed by atoms with Crippen molar-refractivity contribution in [1.29, 1.82) is 0 Å². The predicted molar refractivity (Wildman–Crippen MR) is 66.8 cm³/mol. The molecule has 0 saturated heterocycles. The van der Waals surface area contributed by atoms with Crippen molar-refractivity contribution < 1.29 is 9.18 Å². The highest BCUT2D eigenvalue weighted by Crippen LogP contribution is 2.39. The van der Waals surface area contributed by atoms with Crippen molar-refractivity contribution in [3.05, 3.63) is 34.6 Å². The molecule has 0 N–H and O–H groups in total. The molecule has 0 bridgehead atoms. The molecule has 2 rings (SSSR count). The molecule has 1 saturated carbocycles. The zero-order valence-corrected chi connectivity index (χ0v) is 10.4. The van der Waals surface area contributed by atoms with E-state index in [4.69, 9.17) is 11.6 Å². The van der Waals surface area contributed by atoms with E-state index in [-0.39, 0.29) is 5.82 Å². The molecule has 1 fully saturated rings. The Morgan fingerprint density at radius 1 is 1.29 bits per heavy atom. The summed E-state index contributed by atoms with van der Waals surface area (Å²) in [6, 6.07) is 4.65. The van der Waals surface area contributed by atoms with Gasteiger partial charge in [-0.1, -0.05) is 17.7 Å². The molecule has 0 heterocycles. The molecule has 0 spiro atoms. The van der Waals surface area contributed by atoms with E-state index >= 15 is 0 Å². The summed E-state index contributed by atoms with van der Waals surface area (Å²) in [6.07, 6.45) is 5.90. The number of benzene rings is 1. The second-order valence-corrected chi connectivity index (χ2v) is 5.19. The zero-order valence-electron chi connectivity index (χ0n) is 9.66. The Morgan fingerprint density at radius 2 is 2.00 bits per heavy atom. The summed E-state index contributed by atoms with van der Waals surface area (Å²) in [5.74, 6) is 0.669. The van der Waals surface area contributed by atoms with Crippen molar-refractivity contribution in [3.63, 3.8) is 0 Å². The maximum Gasteiger partial charge on any atom is 0.124 e. The van der Waals surface area contributed by atoms with Crippen molar-refractivity contribution in [2.75, 3.05) is 0 Å². The average molecular weight is 255 g/mol. The molecule has 17 heavy (non-hydrogen) atoms. The fraction of sp³-hybridized carbons (Fsp3) is 0.500. The average Bonchev–Trinajstić information content (AvgIpc) is 2.31. The number of halogens is 2. The minimum absolute atomic E-state index is 0.284. The van der Waals surface area contributed by atoms with Gasteiger partial charge in [0.1, 0.15) is 12.1 Å². The first-order valence-electron chi connectivity index (χ1n) is 6.09. The molecule has 0 amide bonds. The molecule has 1 aromatic rings. The van der Waals surface area contributed by atoms with Crippen molar-refractivity contribution >= 4 is 17.9 Å². The second kappa shape index (κ2) is 5.63. The van der Waals surface area contributed by atoms with Crippen LogP contribution in [0.15, 0.2) is 18.2 Å². The Kier molecular flexibility index (Phi) is 4.16. The summed E-state index contributed by atoms with van der Waals surface area (Å²) >= 11 is 6.06. The van der Waals surface area contributed by atoms with Crippen molar-refractivity contribution in [2.24, 2.45) is 5.92 Å². The van der Waals surface area contributed by atoms with Crippen molar-refractivity contribution in [2.45, 2.75) is 38.0 Å². The molecule has 0 aliphatic heterocycles. The van der Waals surface area contributed by atoms with E-state index < -0.39 is 0 Å². The van der Waals surface area contributed by atoms with E-state index in [1.54, 1.807) is 6.07 Å². The van der Waals surface area contributed by atoms with Gasteiger partial charge in [-0.3, -0.25) is 0 Å². The smallest absolute Gasteiger partial charge is 0.124 e. The van der Waals surface area contributed by atoms with E-state index in [0.717, 1.165) is 37.5 Å². The third-order valence-corrected chi connectivity index (χ3v) is 4.01. The minimum atomic E-state index is -0.284. The van der Waals surface area contributed by atoms with Crippen LogP contribution in [0.2, 0.25) is 5.02 Å². The van der Waals surface area contributed by atoms with E-state index in [0.29, 0.717) is 23.3 Å². The quantitative estimate of drug-likeness (QED) is 0.734. The Balaban J connectivity index is 2.02. The topological polar surface area (TPSA) is 17.1 Å². The van der Waals surface area contributed by atoms with Gasteiger partial charge < -0.3 is 4.79 Å². The van der Waals surface area contributed by atoms with Gasteiger partial charge in [0.15, 0.2) is 0 Å². The maximum atomic E-state index is 13.0. The van der Waals surface area contributed by atoms with Gasteiger partial charge in [0.25, 0.3) is 0 Å². The fourth-order valence-corrected chi connectivity index (χ4v) is 3.00. The van der Waals surface area contributed by atoms with Gasteiger partial charge in [0, 0.05) is 11.4 Å². The van der Waals surface area contributed by atoms with Gasteiger partial charge >= 0.3 is 0 Å². The van der Waals surface area contributed by atoms with Gasteiger partial charge in [-0.05, 0) is 55.2 Å². The molecule has 1 nitrogen and oxygen atoms in total. The fourth-order valence-electron chi connectivity index (χ4n) is 2.68. The molecule has 1 aliphatic rings. The van der Waals surface area contributed by atoms with Crippen LogP contribution in [0, 0.1) is 11.7 Å². The Labute approximate surface area is 106 Å². The summed E-state index contributed by atoms with van der Waals surface area (Å²) in [6.45, 7) is 0. The SMILES string of the molecule is O=CCC1CCC(c2ccc(F)cc2Cl)CC1. The summed E-state index contributed by atoms with van der Waals surface area (Å²) in [5, 5.41) is 0.531. The number of aldehydes is 1. The molecule has 0 atom stereocenters. The molecule has 3 heteroatoms. The summed E-state index contributed by atoms with van der Waals surface area (Å²) in [4.78, 5) is 10.5. The van der Waals surface area contributed by atoms with Crippen molar-refractivity contribution in [1.82, 2.24) is 0 Å². The number of carbonyl (C=O) groups is 1. The van der Waals surface area contributed by atoms with Crippen LogP contribution in [0.3, 0.4) is 0 Å². The van der Waals surface area contributed by atoms with Crippen LogP contribution in [0.1, 0.15) is 43.6 Å². The Morgan fingerprint density at radius 3 is 2.59 bits per heavy atom. The first kappa shape index (κ1) is 12.6. The van der Waals surface area contributed by atoms with Crippen LogP contribution in [0.4, 0.5) is 4.39 Å². The monoisotopic (exact) mass is 254 g/mol. The molecule has 0 unspecified atom stereocenters. The molecular formula is C14H16ClFO. The van der Waals surface area contributed by atoms with E-state index in [1.165, 1.54) is 12.1 Å². The molecule has 0 radical (unpaired) electrons. The van der Waals surface area contributed by atoms with E-state index in [1.807, 2.05) is 0 Å². The lowest BCUT2D eigenvalue weighted by Gasteiger charge is -2.28. The lowest BCUT2D eigenvalue weighted by molar-refractivity contribution is -0.108. The maximum absolute atomic E-state index is 13.0. The lowest BCUT2D eigenvalue weighted by atomic mass is 9.78. The Hall–Kier alpha value is -0.890. The first-order valence-corrected chi connectivity index (χ1v) is 6.47. The van der Waals surface area contributed by atoms with Crippen molar-refractivity contribution in [3.8, 4) is 0 Å². The summed E-state index contributed by atoms with van der Waals surface area (Å²) in [5.41, 5.74) is 1.05. The molecule has 1 aliphatic carbocycles. The van der Waals surface area contributed by atoms with E-state index in [2.05, 4.69) is 0 Å². The number of rotatable bonds is 3. The van der Waals surface area contributed by atoms with Gasteiger partial charge in [-0.15, -0.1) is 0 Å². The highest BCUT2D eigenvalue weighted by molar-refractivity contribution is 6.31. The second-order valence-electron chi connectivity index (χ2n) is 4.79. The van der Waals surface area contributed by atoms with Crippen LogP contribution in [-0.2, 0) is 4.79 Å².